The van der Waals surface area contributed by atoms with E-state index in [2.05, 4.69) is 10.3 Å². The fourth-order valence-corrected chi connectivity index (χ4v) is 3.49. The van der Waals surface area contributed by atoms with Gasteiger partial charge in [0, 0.05) is 5.69 Å². The normalized spacial score (nSPS) is 11.6. The topological polar surface area (TPSA) is 93.8 Å². The first-order valence-corrected chi connectivity index (χ1v) is 9.24. The summed E-state index contributed by atoms with van der Waals surface area (Å²) in [7, 11) is -2.28. The summed E-state index contributed by atoms with van der Waals surface area (Å²) in [6, 6.07) is 10.1. The zero-order chi connectivity index (χ0) is 18.4. The van der Waals surface area contributed by atoms with E-state index in [1.807, 2.05) is 0 Å². The predicted molar refractivity (Wildman–Crippen MR) is 112 cm³/mol. The molecule has 2 aromatic rings. The molecule has 0 saturated heterocycles. The molecule has 0 spiro atoms. The van der Waals surface area contributed by atoms with Gasteiger partial charge in [0.15, 0.2) is 15.8 Å². The molecule has 0 bridgehead atoms. The molecule has 2 rings (SSSR count). The Morgan fingerprint density at radius 1 is 1.31 bits per heavy atom. The summed E-state index contributed by atoms with van der Waals surface area (Å²) in [6.07, 6.45) is 0. The number of sulfone groups is 1. The molecule has 6 nitrogen and oxygen atoms in total. The molecule has 0 unspecified atom stereocenters. The van der Waals surface area contributed by atoms with Crippen LogP contribution in [-0.4, -0.2) is 33.8 Å². The van der Waals surface area contributed by atoms with Gasteiger partial charge in [0.2, 0.25) is 0 Å². The first kappa shape index (κ1) is 22.5. The van der Waals surface area contributed by atoms with Gasteiger partial charge in [-0.25, -0.2) is 12.8 Å². The highest BCUT2D eigenvalue weighted by molar-refractivity contribution is 14.0. The van der Waals surface area contributed by atoms with Crippen molar-refractivity contribution in [2.45, 2.75) is 4.90 Å². The van der Waals surface area contributed by atoms with Crippen LogP contribution in [0.5, 0.6) is 5.75 Å². The van der Waals surface area contributed by atoms with E-state index in [0.29, 0.717) is 16.5 Å². The van der Waals surface area contributed by atoms with Crippen molar-refractivity contribution >= 4 is 57.1 Å². The largest absolute Gasteiger partial charge is 0.495 e. The van der Waals surface area contributed by atoms with Gasteiger partial charge in [-0.3, -0.25) is 4.99 Å². The molecule has 2 aromatic carbocycles. The molecular formula is C16H18ClFIN3O3S. The van der Waals surface area contributed by atoms with Gasteiger partial charge >= 0.3 is 0 Å². The molecule has 0 heterocycles. The molecular weight excluding hydrogens is 496 g/mol. The molecule has 0 aromatic heterocycles. The maximum Gasteiger partial charge on any atom is 0.193 e. The Morgan fingerprint density at radius 2 is 2.00 bits per heavy atom. The maximum atomic E-state index is 13.6. The Balaban J connectivity index is 0.00000338. The highest BCUT2D eigenvalue weighted by Crippen LogP contribution is 2.27. The summed E-state index contributed by atoms with van der Waals surface area (Å²) in [5.41, 5.74) is 6.29. The number of aliphatic imine (C=N–C) groups is 1. The zero-order valence-electron chi connectivity index (χ0n) is 13.8. The number of hydrogen-bond acceptors (Lipinski definition) is 4. The molecule has 0 aliphatic carbocycles. The second-order valence-corrected chi connectivity index (χ2v) is 7.48. The van der Waals surface area contributed by atoms with Crippen molar-refractivity contribution in [3.8, 4) is 5.75 Å². The van der Waals surface area contributed by atoms with Crippen molar-refractivity contribution < 1.29 is 17.5 Å². The maximum absolute atomic E-state index is 13.6. The summed E-state index contributed by atoms with van der Waals surface area (Å²) >= 11 is 6.00. The molecule has 142 valence electrons. The average Bonchev–Trinajstić information content (AvgIpc) is 2.55. The minimum Gasteiger partial charge on any atom is -0.495 e. The first-order valence-electron chi connectivity index (χ1n) is 7.21. The van der Waals surface area contributed by atoms with Crippen LogP contribution in [0.15, 0.2) is 52.4 Å². The van der Waals surface area contributed by atoms with Gasteiger partial charge in [0.05, 0.1) is 24.4 Å². The summed E-state index contributed by atoms with van der Waals surface area (Å²) in [5.74, 6) is -0.617. The van der Waals surface area contributed by atoms with Crippen LogP contribution >= 0.6 is 35.6 Å². The molecule has 10 heteroatoms. The third-order valence-electron chi connectivity index (χ3n) is 3.24. The molecule has 0 amide bonds. The van der Waals surface area contributed by atoms with Crippen molar-refractivity contribution in [3.05, 3.63) is 53.3 Å². The number of rotatable bonds is 6. The Hall–Kier alpha value is -1.59. The van der Waals surface area contributed by atoms with Crippen molar-refractivity contribution in [1.29, 1.82) is 0 Å². The van der Waals surface area contributed by atoms with E-state index in [9.17, 15) is 12.8 Å². The third kappa shape index (κ3) is 5.99. The minimum absolute atomic E-state index is 0. The van der Waals surface area contributed by atoms with E-state index >= 15 is 0 Å². The number of hydrogen-bond donors (Lipinski definition) is 2. The third-order valence-corrected chi connectivity index (χ3v) is 5.25. The van der Waals surface area contributed by atoms with Crippen molar-refractivity contribution in [1.82, 2.24) is 0 Å². The summed E-state index contributed by atoms with van der Waals surface area (Å²) in [5, 5.41) is 3.18. The van der Waals surface area contributed by atoms with Crippen LogP contribution in [-0.2, 0) is 9.84 Å². The van der Waals surface area contributed by atoms with Gasteiger partial charge in [-0.15, -0.1) is 24.0 Å². The number of halogens is 3. The number of nitrogens with two attached hydrogens (primary N) is 1. The molecule has 0 aliphatic heterocycles. The van der Waals surface area contributed by atoms with E-state index in [4.69, 9.17) is 22.1 Å². The Kier molecular flexibility index (Phi) is 8.57. The number of nitrogens with zero attached hydrogens (tertiary/aromatic N) is 1. The summed E-state index contributed by atoms with van der Waals surface area (Å²) < 4.78 is 42.8. The summed E-state index contributed by atoms with van der Waals surface area (Å²) in [4.78, 5) is 3.59. The molecule has 0 radical (unpaired) electrons. The molecule has 0 saturated carbocycles. The lowest BCUT2D eigenvalue weighted by Crippen LogP contribution is -2.24. The number of anilines is 1. The molecule has 26 heavy (non-hydrogen) atoms. The van der Waals surface area contributed by atoms with Crippen molar-refractivity contribution in [2.75, 3.05) is 24.7 Å². The zero-order valence-corrected chi connectivity index (χ0v) is 17.7. The van der Waals surface area contributed by atoms with Gasteiger partial charge in [-0.05, 0) is 30.3 Å². The molecule has 0 aliphatic rings. The molecule has 3 N–H and O–H groups in total. The van der Waals surface area contributed by atoms with Gasteiger partial charge in [0.25, 0.3) is 0 Å². The first-order chi connectivity index (χ1) is 11.8. The van der Waals surface area contributed by atoms with Gasteiger partial charge < -0.3 is 15.8 Å². The number of benzene rings is 2. The fourth-order valence-electron chi connectivity index (χ4n) is 2.02. The standard InChI is InChI=1S/C16H17ClFN3O3S.HI/c1-24-14-7-6-11(10-12(14)17)21-16(19)20-8-9-25(22,23)15-5-3-2-4-13(15)18;/h2-7,10H,8-9H2,1H3,(H3,19,20,21);1H. The number of nitrogens with one attached hydrogen (secondary N) is 1. The minimum atomic E-state index is -3.78. The van der Waals surface area contributed by atoms with E-state index < -0.39 is 15.7 Å². The van der Waals surface area contributed by atoms with Gasteiger partial charge in [-0.1, -0.05) is 23.7 Å². The van der Waals surface area contributed by atoms with Crippen LogP contribution in [0.3, 0.4) is 0 Å². The smallest absolute Gasteiger partial charge is 0.193 e. The number of methoxy groups -OCH3 is 1. The van der Waals surface area contributed by atoms with Gasteiger partial charge in [-0.2, -0.15) is 0 Å². The highest BCUT2D eigenvalue weighted by atomic mass is 127. The lowest BCUT2D eigenvalue weighted by molar-refractivity contribution is 0.415. The van der Waals surface area contributed by atoms with Crippen LogP contribution in [0.4, 0.5) is 10.1 Å². The molecule has 0 atom stereocenters. The lowest BCUT2D eigenvalue weighted by Gasteiger charge is -2.08. The number of guanidine groups is 1. The van der Waals surface area contributed by atoms with Crippen LogP contribution in [0.1, 0.15) is 0 Å². The summed E-state index contributed by atoms with van der Waals surface area (Å²) in [6.45, 7) is -0.112. The Morgan fingerprint density at radius 3 is 2.62 bits per heavy atom. The van der Waals surface area contributed by atoms with E-state index in [1.54, 1.807) is 18.2 Å². The van der Waals surface area contributed by atoms with Crippen LogP contribution in [0, 0.1) is 5.82 Å². The fraction of sp³-hybridized carbons (Fsp3) is 0.188. The second kappa shape index (κ2) is 9.93. The van der Waals surface area contributed by atoms with Gasteiger partial charge in [0.1, 0.15) is 16.5 Å². The van der Waals surface area contributed by atoms with Crippen molar-refractivity contribution in [3.63, 3.8) is 0 Å². The van der Waals surface area contributed by atoms with Crippen LogP contribution < -0.4 is 15.8 Å². The van der Waals surface area contributed by atoms with Crippen LogP contribution in [0.2, 0.25) is 5.02 Å². The van der Waals surface area contributed by atoms with E-state index in [0.717, 1.165) is 6.07 Å². The SMILES string of the molecule is COc1ccc(NC(N)=NCCS(=O)(=O)c2ccccc2F)cc1Cl.I. The lowest BCUT2D eigenvalue weighted by atomic mass is 10.3. The predicted octanol–water partition coefficient (Wildman–Crippen LogP) is 3.31. The Labute approximate surface area is 173 Å². The quantitative estimate of drug-likeness (QED) is 0.351. The average molecular weight is 514 g/mol. The Bertz CT molecular complexity index is 894. The monoisotopic (exact) mass is 513 g/mol. The highest BCUT2D eigenvalue weighted by Gasteiger charge is 2.18. The molecule has 0 fully saturated rings. The van der Waals surface area contributed by atoms with Crippen molar-refractivity contribution in [2.24, 2.45) is 10.7 Å². The van der Waals surface area contributed by atoms with E-state index in [1.165, 1.54) is 25.3 Å². The second-order valence-electron chi connectivity index (χ2n) is 4.99. The van der Waals surface area contributed by atoms with Crippen LogP contribution in [0.25, 0.3) is 0 Å². The van der Waals surface area contributed by atoms with E-state index in [-0.39, 0.29) is 47.1 Å². The number of ether oxygens (including phenoxy) is 1.